The minimum Gasteiger partial charge on any atom is -0.591 e. The van der Waals surface area contributed by atoms with Crippen molar-refractivity contribution in [1.29, 1.82) is 0 Å². The van der Waals surface area contributed by atoms with Gasteiger partial charge < -0.3 is 24.0 Å². The minimum atomic E-state index is -1.52. The Labute approximate surface area is 195 Å². The van der Waals surface area contributed by atoms with Crippen molar-refractivity contribution in [2.45, 2.75) is 51.8 Å². The molecule has 0 saturated carbocycles. The third-order valence-corrected chi connectivity index (χ3v) is 5.79. The van der Waals surface area contributed by atoms with E-state index >= 15 is 0 Å². The number of carbonyl (C=O) groups excluding carboxylic acids is 2. The van der Waals surface area contributed by atoms with Crippen molar-refractivity contribution in [2.75, 3.05) is 46.7 Å². The lowest BCUT2D eigenvalue weighted by atomic mass is 10.0. The number of nitrogens with zero attached hydrogens (tertiary/aromatic N) is 5. The number of pyridine rings is 1. The van der Waals surface area contributed by atoms with Gasteiger partial charge in [0.15, 0.2) is 0 Å². The summed E-state index contributed by atoms with van der Waals surface area (Å²) in [6.07, 6.45) is 2.66. The van der Waals surface area contributed by atoms with Crippen LogP contribution < -0.4 is 4.90 Å². The van der Waals surface area contributed by atoms with Crippen molar-refractivity contribution in [1.82, 2.24) is 14.8 Å². The van der Waals surface area contributed by atoms with Gasteiger partial charge in [-0.1, -0.05) is 17.7 Å². The molecule has 9 nitrogen and oxygen atoms in total. The lowest BCUT2D eigenvalue weighted by Gasteiger charge is -2.23. The van der Waals surface area contributed by atoms with Gasteiger partial charge in [-0.2, -0.15) is 0 Å². The Morgan fingerprint density at radius 2 is 1.84 bits per heavy atom. The van der Waals surface area contributed by atoms with Crippen LogP contribution in [0.25, 0.3) is 0 Å². The quantitative estimate of drug-likeness (QED) is 0.314. The highest BCUT2D eigenvalue weighted by Crippen LogP contribution is 2.23. The summed E-state index contributed by atoms with van der Waals surface area (Å²) in [5.74, 6) is 0.319. The SMILES string of the molecule is CCCCOC(=O)N(C)Cc1nc(N(C)C)cc(C(=O)N(C)C)c1C=N[S+]([O-])C(C)(C)C. The van der Waals surface area contributed by atoms with Crippen molar-refractivity contribution in [3.63, 3.8) is 0 Å². The van der Waals surface area contributed by atoms with Crippen molar-refractivity contribution >= 4 is 35.4 Å². The molecule has 1 aromatic heterocycles. The van der Waals surface area contributed by atoms with Gasteiger partial charge in [-0.05, 0) is 33.3 Å². The summed E-state index contributed by atoms with van der Waals surface area (Å²) < 4.78 is 21.5. The molecule has 1 rings (SSSR count). The van der Waals surface area contributed by atoms with E-state index in [0.29, 0.717) is 29.2 Å². The average molecular weight is 468 g/mol. The van der Waals surface area contributed by atoms with Gasteiger partial charge in [0.25, 0.3) is 5.91 Å². The fraction of sp³-hybridized carbons (Fsp3) is 0.636. The Hall–Kier alpha value is -2.33. The summed E-state index contributed by atoms with van der Waals surface area (Å²) >= 11 is -1.52. The summed E-state index contributed by atoms with van der Waals surface area (Å²) in [7, 11) is 8.56. The van der Waals surface area contributed by atoms with E-state index in [4.69, 9.17) is 4.74 Å². The average Bonchev–Trinajstić information content (AvgIpc) is 2.70. The van der Waals surface area contributed by atoms with Crippen molar-refractivity contribution < 1.29 is 18.9 Å². The summed E-state index contributed by atoms with van der Waals surface area (Å²) in [5, 5.41) is 0. The van der Waals surface area contributed by atoms with Crippen molar-refractivity contribution in [3.05, 3.63) is 22.9 Å². The molecule has 0 saturated heterocycles. The monoisotopic (exact) mass is 467 g/mol. The van der Waals surface area contributed by atoms with E-state index in [0.717, 1.165) is 12.8 Å². The highest BCUT2D eigenvalue weighted by Gasteiger charge is 2.27. The molecule has 0 fully saturated rings. The van der Waals surface area contributed by atoms with E-state index in [-0.39, 0.29) is 12.5 Å². The zero-order valence-electron chi connectivity index (χ0n) is 20.8. The lowest BCUT2D eigenvalue weighted by molar-refractivity contribution is 0.0827. The van der Waals surface area contributed by atoms with Gasteiger partial charge in [-0.3, -0.25) is 4.79 Å². The molecular formula is C22H37N5O4S. The summed E-state index contributed by atoms with van der Waals surface area (Å²) in [5.41, 5.74) is 1.26. The molecule has 0 radical (unpaired) electrons. The van der Waals surface area contributed by atoms with E-state index in [1.165, 1.54) is 16.0 Å². The van der Waals surface area contributed by atoms with E-state index in [2.05, 4.69) is 9.38 Å². The standard InChI is InChI=1S/C22H37N5O4S/c1-10-11-12-31-21(29)27(9)15-18-17(14-23-32(30)22(2,3)4)16(20(28)26(7)8)13-19(24-18)25(5)6/h13-14H,10-12,15H2,1-9H3. The topological polar surface area (TPSA) is 101 Å². The summed E-state index contributed by atoms with van der Waals surface area (Å²) in [6.45, 7) is 7.92. The first kappa shape index (κ1) is 27.7. The molecule has 1 atom stereocenters. The molecule has 0 aliphatic carbocycles. The number of aromatic nitrogens is 1. The molecule has 2 amide bonds. The van der Waals surface area contributed by atoms with Crippen LogP contribution in [0.3, 0.4) is 0 Å². The molecular weight excluding hydrogens is 430 g/mol. The number of ether oxygens (including phenoxy) is 1. The van der Waals surface area contributed by atoms with Gasteiger partial charge >= 0.3 is 6.09 Å². The maximum Gasteiger partial charge on any atom is 0.409 e. The largest absolute Gasteiger partial charge is 0.591 e. The number of amides is 2. The highest BCUT2D eigenvalue weighted by molar-refractivity contribution is 7.91. The summed E-state index contributed by atoms with van der Waals surface area (Å²) in [4.78, 5) is 34.6. The van der Waals surface area contributed by atoms with Crippen LogP contribution in [0.2, 0.25) is 0 Å². The Balaban J connectivity index is 3.50. The van der Waals surface area contributed by atoms with E-state index in [1.54, 1.807) is 32.1 Å². The third kappa shape index (κ3) is 7.98. The van der Waals surface area contributed by atoms with E-state index in [9.17, 15) is 14.1 Å². The Morgan fingerprint density at radius 1 is 1.22 bits per heavy atom. The maximum absolute atomic E-state index is 13.0. The normalized spacial score (nSPS) is 12.6. The molecule has 0 N–H and O–H groups in total. The second-order valence-corrected chi connectivity index (χ2v) is 10.8. The first-order valence-electron chi connectivity index (χ1n) is 10.6. The molecule has 1 heterocycles. The Bertz CT molecular complexity index is 821. The van der Waals surface area contributed by atoms with Crippen LogP contribution in [-0.2, 0) is 22.6 Å². The predicted molar refractivity (Wildman–Crippen MR) is 130 cm³/mol. The first-order valence-corrected chi connectivity index (χ1v) is 11.7. The molecule has 32 heavy (non-hydrogen) atoms. The number of rotatable bonds is 9. The zero-order valence-corrected chi connectivity index (χ0v) is 21.6. The number of anilines is 1. The van der Waals surface area contributed by atoms with Gasteiger partial charge in [0.1, 0.15) is 21.9 Å². The second-order valence-electron chi connectivity index (χ2n) is 8.90. The van der Waals surface area contributed by atoms with Crippen LogP contribution in [0.1, 0.15) is 62.2 Å². The van der Waals surface area contributed by atoms with E-state index in [1.807, 2.05) is 41.8 Å². The molecule has 0 bridgehead atoms. The van der Waals surface area contributed by atoms with Crippen LogP contribution >= 0.6 is 0 Å². The molecule has 10 heteroatoms. The fourth-order valence-electron chi connectivity index (χ4n) is 2.47. The zero-order chi connectivity index (χ0) is 24.6. The smallest absolute Gasteiger partial charge is 0.409 e. The number of unbranched alkanes of at least 4 members (excludes halogenated alkanes) is 1. The summed E-state index contributed by atoms with van der Waals surface area (Å²) in [6, 6.07) is 1.67. The number of carbonyl (C=O) groups is 2. The predicted octanol–water partition coefficient (Wildman–Crippen LogP) is 3.10. The molecule has 0 spiro atoms. The Morgan fingerprint density at radius 3 is 2.34 bits per heavy atom. The molecule has 180 valence electrons. The first-order chi connectivity index (χ1) is 14.8. The van der Waals surface area contributed by atoms with Gasteiger partial charge in [-0.15, -0.1) is 0 Å². The van der Waals surface area contributed by atoms with Crippen LogP contribution in [-0.4, -0.2) is 84.1 Å². The minimum absolute atomic E-state index is 0.101. The lowest BCUT2D eigenvalue weighted by Crippen LogP contribution is -2.30. The number of hydrogen-bond acceptors (Lipinski definition) is 7. The maximum atomic E-state index is 13.0. The molecule has 1 unspecified atom stereocenters. The van der Waals surface area contributed by atoms with Gasteiger partial charge in [0.2, 0.25) is 0 Å². The third-order valence-electron chi connectivity index (χ3n) is 4.44. The number of hydrogen-bond donors (Lipinski definition) is 0. The van der Waals surface area contributed by atoms with Gasteiger partial charge in [-0.25, -0.2) is 9.78 Å². The van der Waals surface area contributed by atoms with E-state index < -0.39 is 22.2 Å². The molecule has 1 aromatic rings. The van der Waals surface area contributed by atoms with Gasteiger partial charge in [0, 0.05) is 40.8 Å². The van der Waals surface area contributed by atoms with Gasteiger partial charge in [0.05, 0.1) is 30.6 Å². The van der Waals surface area contributed by atoms with Crippen molar-refractivity contribution in [3.8, 4) is 0 Å². The molecule has 0 aromatic carbocycles. The van der Waals surface area contributed by atoms with Crippen LogP contribution in [0.5, 0.6) is 0 Å². The molecule has 0 aliphatic rings. The van der Waals surface area contributed by atoms with Crippen LogP contribution in [0, 0.1) is 0 Å². The highest BCUT2D eigenvalue weighted by atomic mass is 32.2. The second kappa shape index (κ2) is 12.1. The Kier molecular flexibility index (Phi) is 10.4. The van der Waals surface area contributed by atoms with Crippen molar-refractivity contribution in [2.24, 2.45) is 4.40 Å². The fourth-order valence-corrected chi connectivity index (χ4v) is 2.98. The van der Waals surface area contributed by atoms with Crippen LogP contribution in [0.15, 0.2) is 10.5 Å². The van der Waals surface area contributed by atoms with Crippen LogP contribution in [0.4, 0.5) is 10.6 Å². The molecule has 0 aliphatic heterocycles.